The Kier molecular flexibility index (Phi) is 4.10. The Morgan fingerprint density at radius 1 is 1.00 bits per heavy atom. The smallest absolute Gasteiger partial charge is 0.195 e. The molecule has 18 heavy (non-hydrogen) atoms. The van der Waals surface area contributed by atoms with Crippen molar-refractivity contribution < 1.29 is 9.90 Å². The summed E-state index contributed by atoms with van der Waals surface area (Å²) >= 11 is 0. The molecule has 0 unspecified atom stereocenters. The third-order valence-electron chi connectivity index (χ3n) is 2.63. The summed E-state index contributed by atoms with van der Waals surface area (Å²) in [5.74, 6) is -0.0170. The van der Waals surface area contributed by atoms with Crippen LogP contribution in [0.2, 0.25) is 0 Å². The molecule has 0 spiro atoms. The van der Waals surface area contributed by atoms with Crippen molar-refractivity contribution in [2.24, 2.45) is 0 Å². The van der Waals surface area contributed by atoms with Crippen molar-refractivity contribution in [1.29, 1.82) is 0 Å². The summed E-state index contributed by atoms with van der Waals surface area (Å²) in [6.45, 7) is 0.465. The Labute approximate surface area is 106 Å². The zero-order valence-electron chi connectivity index (χ0n) is 9.97. The van der Waals surface area contributed by atoms with Gasteiger partial charge < -0.3 is 10.4 Å². The molecule has 0 atom stereocenters. The summed E-state index contributed by atoms with van der Waals surface area (Å²) < 4.78 is 0. The molecule has 2 aromatic carbocycles. The molecular weight excluding hydrogens is 226 g/mol. The van der Waals surface area contributed by atoms with E-state index in [0.29, 0.717) is 17.7 Å². The van der Waals surface area contributed by atoms with E-state index in [4.69, 9.17) is 5.11 Å². The second-order valence-corrected chi connectivity index (χ2v) is 3.89. The number of carbonyl (C=O) groups excluding carboxylic acids is 1. The zero-order valence-corrected chi connectivity index (χ0v) is 9.97. The van der Waals surface area contributed by atoms with E-state index in [9.17, 15) is 4.79 Å². The lowest BCUT2D eigenvalue weighted by molar-refractivity contribution is 0.103. The van der Waals surface area contributed by atoms with Gasteiger partial charge in [-0.25, -0.2) is 0 Å². The SMILES string of the molecule is O=C(c1ccccc1)c1ccccc1NCCO. The Bertz CT molecular complexity index is 523. The number of para-hydroxylation sites is 1. The summed E-state index contributed by atoms with van der Waals surface area (Å²) in [4.78, 5) is 12.3. The first kappa shape index (κ1) is 12.3. The van der Waals surface area contributed by atoms with Gasteiger partial charge in [-0.2, -0.15) is 0 Å². The lowest BCUT2D eigenvalue weighted by Gasteiger charge is -2.10. The molecule has 0 aromatic heterocycles. The predicted molar refractivity (Wildman–Crippen MR) is 71.9 cm³/mol. The molecular formula is C15H15NO2. The number of ketones is 1. The maximum atomic E-state index is 12.3. The highest BCUT2D eigenvalue weighted by Gasteiger charge is 2.12. The van der Waals surface area contributed by atoms with Gasteiger partial charge in [0.05, 0.1) is 6.61 Å². The Morgan fingerprint density at radius 3 is 2.39 bits per heavy atom. The highest BCUT2D eigenvalue weighted by atomic mass is 16.3. The average Bonchev–Trinajstić information content (AvgIpc) is 2.45. The number of nitrogens with one attached hydrogen (secondary N) is 1. The van der Waals surface area contributed by atoms with E-state index in [2.05, 4.69) is 5.32 Å². The minimum Gasteiger partial charge on any atom is -0.395 e. The fraction of sp³-hybridized carbons (Fsp3) is 0.133. The second-order valence-electron chi connectivity index (χ2n) is 3.89. The number of hydrogen-bond acceptors (Lipinski definition) is 3. The van der Waals surface area contributed by atoms with Gasteiger partial charge in [0.15, 0.2) is 5.78 Å². The topological polar surface area (TPSA) is 49.3 Å². The molecule has 2 rings (SSSR count). The van der Waals surface area contributed by atoms with Gasteiger partial charge in [-0.15, -0.1) is 0 Å². The van der Waals surface area contributed by atoms with Crippen LogP contribution in [0.4, 0.5) is 5.69 Å². The minimum atomic E-state index is -0.0170. The van der Waals surface area contributed by atoms with Crippen LogP contribution in [0.1, 0.15) is 15.9 Å². The van der Waals surface area contributed by atoms with Gasteiger partial charge in [-0.05, 0) is 12.1 Å². The first-order chi connectivity index (χ1) is 8.83. The average molecular weight is 241 g/mol. The summed E-state index contributed by atoms with van der Waals surface area (Å²) in [6.07, 6.45) is 0. The van der Waals surface area contributed by atoms with E-state index in [1.165, 1.54) is 0 Å². The number of rotatable bonds is 5. The monoisotopic (exact) mass is 241 g/mol. The van der Waals surface area contributed by atoms with Gasteiger partial charge in [0.1, 0.15) is 0 Å². The van der Waals surface area contributed by atoms with Crippen LogP contribution in [0.3, 0.4) is 0 Å². The van der Waals surface area contributed by atoms with Crippen LogP contribution in [0.25, 0.3) is 0 Å². The van der Waals surface area contributed by atoms with Crippen LogP contribution in [0.5, 0.6) is 0 Å². The molecule has 2 N–H and O–H groups in total. The Balaban J connectivity index is 2.30. The van der Waals surface area contributed by atoms with Crippen LogP contribution in [0, 0.1) is 0 Å². The summed E-state index contributed by atoms with van der Waals surface area (Å²) in [5.41, 5.74) is 2.04. The molecule has 0 bridgehead atoms. The fourth-order valence-electron chi connectivity index (χ4n) is 1.77. The molecule has 0 amide bonds. The van der Waals surface area contributed by atoms with Gasteiger partial charge in [0, 0.05) is 23.4 Å². The van der Waals surface area contributed by atoms with Crippen molar-refractivity contribution in [3.05, 3.63) is 65.7 Å². The van der Waals surface area contributed by atoms with Crippen molar-refractivity contribution >= 4 is 11.5 Å². The van der Waals surface area contributed by atoms with E-state index in [-0.39, 0.29) is 12.4 Å². The van der Waals surface area contributed by atoms with Crippen LogP contribution in [-0.4, -0.2) is 24.0 Å². The normalized spacial score (nSPS) is 10.1. The number of anilines is 1. The second kappa shape index (κ2) is 5.98. The maximum absolute atomic E-state index is 12.3. The van der Waals surface area contributed by atoms with E-state index >= 15 is 0 Å². The van der Waals surface area contributed by atoms with E-state index in [0.717, 1.165) is 5.69 Å². The summed E-state index contributed by atoms with van der Waals surface area (Å²) in [6, 6.07) is 16.5. The quantitative estimate of drug-likeness (QED) is 0.790. The molecule has 0 radical (unpaired) electrons. The molecule has 0 aliphatic heterocycles. The number of hydrogen-bond donors (Lipinski definition) is 2. The van der Waals surface area contributed by atoms with Gasteiger partial charge >= 0.3 is 0 Å². The molecule has 0 aliphatic carbocycles. The summed E-state index contributed by atoms with van der Waals surface area (Å²) in [7, 11) is 0. The molecule has 92 valence electrons. The predicted octanol–water partition coefficient (Wildman–Crippen LogP) is 2.32. The van der Waals surface area contributed by atoms with Gasteiger partial charge in [-0.1, -0.05) is 42.5 Å². The largest absolute Gasteiger partial charge is 0.395 e. The molecule has 0 aliphatic rings. The minimum absolute atomic E-state index is 0.0170. The van der Waals surface area contributed by atoms with Crippen LogP contribution < -0.4 is 5.32 Å². The van der Waals surface area contributed by atoms with Crippen molar-refractivity contribution in [2.45, 2.75) is 0 Å². The zero-order chi connectivity index (χ0) is 12.8. The van der Waals surface area contributed by atoms with Crippen molar-refractivity contribution in [2.75, 3.05) is 18.5 Å². The molecule has 0 saturated heterocycles. The molecule has 0 heterocycles. The molecule has 3 nitrogen and oxygen atoms in total. The van der Waals surface area contributed by atoms with E-state index in [1.807, 2.05) is 36.4 Å². The highest BCUT2D eigenvalue weighted by molar-refractivity contribution is 6.12. The van der Waals surface area contributed by atoms with E-state index < -0.39 is 0 Å². The maximum Gasteiger partial charge on any atom is 0.195 e. The number of carbonyl (C=O) groups is 1. The lowest BCUT2D eigenvalue weighted by atomic mass is 10.0. The first-order valence-electron chi connectivity index (χ1n) is 5.86. The third-order valence-corrected chi connectivity index (χ3v) is 2.63. The fourth-order valence-corrected chi connectivity index (χ4v) is 1.77. The number of aliphatic hydroxyl groups is 1. The van der Waals surface area contributed by atoms with Gasteiger partial charge in [-0.3, -0.25) is 4.79 Å². The molecule has 0 saturated carbocycles. The highest BCUT2D eigenvalue weighted by Crippen LogP contribution is 2.18. The van der Waals surface area contributed by atoms with Crippen molar-refractivity contribution in [1.82, 2.24) is 0 Å². The third kappa shape index (κ3) is 2.76. The Hall–Kier alpha value is -2.13. The number of benzene rings is 2. The standard InChI is InChI=1S/C15H15NO2/c17-11-10-16-14-9-5-4-8-13(14)15(18)12-6-2-1-3-7-12/h1-9,16-17H,10-11H2. The van der Waals surface area contributed by atoms with Gasteiger partial charge in [0.25, 0.3) is 0 Å². The lowest BCUT2D eigenvalue weighted by Crippen LogP contribution is -2.10. The molecule has 0 fully saturated rings. The van der Waals surface area contributed by atoms with E-state index in [1.54, 1.807) is 18.2 Å². The number of aliphatic hydroxyl groups excluding tert-OH is 1. The van der Waals surface area contributed by atoms with Crippen LogP contribution in [0.15, 0.2) is 54.6 Å². The summed E-state index contributed by atoms with van der Waals surface area (Å²) in [5, 5.41) is 11.9. The van der Waals surface area contributed by atoms with Crippen LogP contribution in [-0.2, 0) is 0 Å². The van der Waals surface area contributed by atoms with Crippen molar-refractivity contribution in [3.8, 4) is 0 Å². The van der Waals surface area contributed by atoms with Gasteiger partial charge in [0.2, 0.25) is 0 Å². The molecule has 3 heteroatoms. The first-order valence-corrected chi connectivity index (χ1v) is 5.86. The Morgan fingerprint density at radius 2 is 1.67 bits per heavy atom. The van der Waals surface area contributed by atoms with Crippen LogP contribution >= 0.6 is 0 Å². The molecule has 2 aromatic rings. The van der Waals surface area contributed by atoms with Crippen molar-refractivity contribution in [3.63, 3.8) is 0 Å².